The monoisotopic (exact) mass is 535 g/mol. The van der Waals surface area contributed by atoms with Gasteiger partial charge < -0.3 is 10.2 Å². The molecule has 2 amide bonds. The van der Waals surface area contributed by atoms with Crippen molar-refractivity contribution in [3.8, 4) is 0 Å². The van der Waals surface area contributed by atoms with E-state index in [2.05, 4.69) is 5.32 Å². The number of amides is 2. The fourth-order valence-electron chi connectivity index (χ4n) is 5.31. The predicted octanol–water partition coefficient (Wildman–Crippen LogP) is 4.78. The number of sulfonamides is 1. The van der Waals surface area contributed by atoms with Crippen LogP contribution in [0.2, 0.25) is 0 Å². The van der Waals surface area contributed by atoms with Gasteiger partial charge in [0, 0.05) is 18.0 Å². The van der Waals surface area contributed by atoms with Gasteiger partial charge in [-0.25, -0.2) is 8.42 Å². The van der Waals surface area contributed by atoms with Crippen molar-refractivity contribution in [3.63, 3.8) is 0 Å². The Hall–Kier alpha value is -3.39. The molecule has 7 nitrogen and oxygen atoms in total. The number of carbonyl (C=O) groups is 2. The van der Waals surface area contributed by atoms with Crippen molar-refractivity contribution in [2.45, 2.75) is 64.6 Å². The molecule has 0 spiro atoms. The zero-order valence-electron chi connectivity index (χ0n) is 22.4. The number of carbonyl (C=O) groups excluding carboxylic acids is 2. The van der Waals surface area contributed by atoms with Crippen LogP contribution < -0.4 is 9.62 Å². The van der Waals surface area contributed by atoms with Gasteiger partial charge in [-0.1, -0.05) is 86.0 Å². The molecule has 4 rings (SSSR count). The first-order chi connectivity index (χ1) is 18.2. The van der Waals surface area contributed by atoms with Crippen molar-refractivity contribution in [1.29, 1.82) is 0 Å². The topological polar surface area (TPSA) is 86.8 Å². The Morgan fingerprint density at radius 3 is 2.37 bits per heavy atom. The summed E-state index contributed by atoms with van der Waals surface area (Å²) in [4.78, 5) is 28.9. The van der Waals surface area contributed by atoms with E-state index in [4.69, 9.17) is 0 Å². The van der Waals surface area contributed by atoms with Crippen LogP contribution >= 0.6 is 0 Å². The maximum absolute atomic E-state index is 14.0. The number of hydrogen-bond acceptors (Lipinski definition) is 4. The number of fused-ring (bicyclic) bond motifs is 1. The van der Waals surface area contributed by atoms with Crippen molar-refractivity contribution in [1.82, 2.24) is 10.2 Å². The number of rotatable bonds is 10. The molecule has 1 saturated carbocycles. The summed E-state index contributed by atoms with van der Waals surface area (Å²) in [6, 6.07) is 20.1. The van der Waals surface area contributed by atoms with Gasteiger partial charge in [0.25, 0.3) is 0 Å². The van der Waals surface area contributed by atoms with E-state index in [-0.39, 0.29) is 18.5 Å². The maximum atomic E-state index is 14.0. The molecule has 0 aromatic heterocycles. The number of nitrogens with zero attached hydrogens (tertiary/aromatic N) is 2. The average Bonchev–Trinajstić information content (AvgIpc) is 3.39. The highest BCUT2D eigenvalue weighted by Gasteiger charge is 2.33. The minimum absolute atomic E-state index is 0.121. The lowest BCUT2D eigenvalue weighted by Crippen LogP contribution is -2.53. The minimum atomic E-state index is -3.80. The molecule has 0 saturated heterocycles. The van der Waals surface area contributed by atoms with Crippen molar-refractivity contribution >= 4 is 38.3 Å². The molecule has 0 aliphatic heterocycles. The Labute approximate surface area is 225 Å². The molecular weight excluding hydrogens is 498 g/mol. The van der Waals surface area contributed by atoms with E-state index < -0.39 is 28.5 Å². The van der Waals surface area contributed by atoms with Gasteiger partial charge in [0.15, 0.2) is 0 Å². The Bertz CT molecular complexity index is 1390. The smallest absolute Gasteiger partial charge is 0.244 e. The third kappa shape index (κ3) is 6.54. The van der Waals surface area contributed by atoms with Crippen LogP contribution in [0.4, 0.5) is 5.69 Å². The summed E-state index contributed by atoms with van der Waals surface area (Å²) >= 11 is 0. The molecule has 38 heavy (non-hydrogen) atoms. The zero-order chi connectivity index (χ0) is 27.3. The van der Waals surface area contributed by atoms with Crippen LogP contribution in [0.25, 0.3) is 10.8 Å². The second kappa shape index (κ2) is 12.0. The molecule has 202 valence electrons. The fourth-order valence-corrected chi connectivity index (χ4v) is 6.18. The Morgan fingerprint density at radius 2 is 1.68 bits per heavy atom. The van der Waals surface area contributed by atoms with Gasteiger partial charge in [-0.15, -0.1) is 0 Å². The van der Waals surface area contributed by atoms with E-state index >= 15 is 0 Å². The van der Waals surface area contributed by atoms with Crippen LogP contribution in [-0.2, 0) is 26.2 Å². The third-order valence-corrected chi connectivity index (χ3v) is 8.36. The summed E-state index contributed by atoms with van der Waals surface area (Å²) < 4.78 is 27.2. The van der Waals surface area contributed by atoms with Crippen LogP contribution in [0, 0.1) is 6.92 Å². The molecule has 1 aliphatic rings. The SMILES string of the molecule is CCC(C(=O)NC1CCCC1)N(Cc1cccc(C)c1)C(=O)CN(c1cccc2ccccc12)S(C)(=O)=O. The van der Waals surface area contributed by atoms with E-state index in [1.807, 2.05) is 68.4 Å². The molecular formula is C30H37N3O4S. The Morgan fingerprint density at radius 1 is 1.00 bits per heavy atom. The number of hydrogen-bond donors (Lipinski definition) is 1. The largest absolute Gasteiger partial charge is 0.352 e. The lowest BCUT2D eigenvalue weighted by molar-refractivity contribution is -0.140. The molecule has 0 bridgehead atoms. The first kappa shape index (κ1) is 27.6. The van der Waals surface area contributed by atoms with E-state index in [1.54, 1.807) is 17.0 Å². The van der Waals surface area contributed by atoms with Crippen LogP contribution in [0.15, 0.2) is 66.7 Å². The van der Waals surface area contributed by atoms with Gasteiger partial charge in [0.1, 0.15) is 12.6 Å². The molecule has 1 aliphatic carbocycles. The lowest BCUT2D eigenvalue weighted by Gasteiger charge is -2.33. The second-order valence-electron chi connectivity index (χ2n) is 10.2. The van der Waals surface area contributed by atoms with Gasteiger partial charge in [-0.05, 0) is 43.2 Å². The van der Waals surface area contributed by atoms with Gasteiger partial charge in [0.05, 0.1) is 11.9 Å². The number of anilines is 1. The van der Waals surface area contributed by atoms with E-state index in [9.17, 15) is 18.0 Å². The minimum Gasteiger partial charge on any atom is -0.352 e. The summed E-state index contributed by atoms with van der Waals surface area (Å²) in [5.74, 6) is -0.602. The summed E-state index contributed by atoms with van der Waals surface area (Å²) in [6.07, 6.45) is 5.58. The summed E-state index contributed by atoms with van der Waals surface area (Å²) in [6.45, 7) is 3.68. The van der Waals surface area contributed by atoms with Crippen LogP contribution in [0.1, 0.15) is 50.2 Å². The number of benzene rings is 3. The van der Waals surface area contributed by atoms with Crippen molar-refractivity contribution in [2.24, 2.45) is 0 Å². The molecule has 1 fully saturated rings. The summed E-state index contributed by atoms with van der Waals surface area (Å²) in [5.41, 5.74) is 2.38. The third-order valence-electron chi connectivity index (χ3n) is 7.24. The van der Waals surface area contributed by atoms with Crippen molar-refractivity contribution in [3.05, 3.63) is 77.9 Å². The van der Waals surface area contributed by atoms with E-state index in [0.29, 0.717) is 12.1 Å². The molecule has 1 N–H and O–H groups in total. The molecule has 3 aromatic carbocycles. The van der Waals surface area contributed by atoms with Crippen LogP contribution in [0.3, 0.4) is 0 Å². The van der Waals surface area contributed by atoms with E-state index in [0.717, 1.165) is 58.1 Å². The highest BCUT2D eigenvalue weighted by molar-refractivity contribution is 7.92. The quantitative estimate of drug-likeness (QED) is 0.405. The number of nitrogens with one attached hydrogen (secondary N) is 1. The lowest BCUT2D eigenvalue weighted by atomic mass is 10.1. The van der Waals surface area contributed by atoms with Gasteiger partial charge in [-0.3, -0.25) is 13.9 Å². The summed E-state index contributed by atoms with van der Waals surface area (Å²) in [7, 11) is -3.80. The molecule has 1 atom stereocenters. The number of aryl methyl sites for hydroxylation is 1. The van der Waals surface area contributed by atoms with Gasteiger partial charge >= 0.3 is 0 Å². The standard InChI is InChI=1S/C30H37N3O4S/c1-4-27(30(35)31-25-15-6-7-16-25)32(20-23-12-9-11-22(2)19-23)29(34)21-33(38(3,36)37)28-18-10-14-24-13-5-8-17-26(24)28/h5,8-14,17-19,25,27H,4,6-7,15-16,20-21H2,1-3H3,(H,31,35). The van der Waals surface area contributed by atoms with Gasteiger partial charge in [0.2, 0.25) is 21.8 Å². The Kier molecular flexibility index (Phi) is 8.72. The first-order valence-corrected chi connectivity index (χ1v) is 15.1. The highest BCUT2D eigenvalue weighted by Crippen LogP contribution is 2.29. The van der Waals surface area contributed by atoms with Crippen LogP contribution in [-0.4, -0.2) is 50.0 Å². The molecule has 8 heteroatoms. The normalized spacial score (nSPS) is 14.8. The van der Waals surface area contributed by atoms with E-state index in [1.165, 1.54) is 0 Å². The second-order valence-corrected chi connectivity index (χ2v) is 12.1. The molecule has 0 heterocycles. The van der Waals surface area contributed by atoms with Crippen molar-refractivity contribution < 1.29 is 18.0 Å². The average molecular weight is 536 g/mol. The van der Waals surface area contributed by atoms with Crippen molar-refractivity contribution in [2.75, 3.05) is 17.1 Å². The highest BCUT2D eigenvalue weighted by atomic mass is 32.2. The zero-order valence-corrected chi connectivity index (χ0v) is 23.2. The fraction of sp³-hybridized carbons (Fsp3) is 0.400. The van der Waals surface area contributed by atoms with Gasteiger partial charge in [-0.2, -0.15) is 0 Å². The molecule has 3 aromatic rings. The summed E-state index contributed by atoms with van der Waals surface area (Å²) in [5, 5.41) is 4.76. The maximum Gasteiger partial charge on any atom is 0.244 e. The molecule has 0 radical (unpaired) electrons. The predicted molar refractivity (Wildman–Crippen MR) is 152 cm³/mol. The first-order valence-electron chi connectivity index (χ1n) is 13.3. The Balaban J connectivity index is 1.69. The van der Waals surface area contributed by atoms with Crippen LogP contribution in [0.5, 0.6) is 0 Å². The molecule has 1 unspecified atom stereocenters.